The lowest BCUT2D eigenvalue weighted by Crippen LogP contribution is -2.27. The molecule has 0 aromatic carbocycles. The summed E-state index contributed by atoms with van der Waals surface area (Å²) >= 11 is 0. The second kappa shape index (κ2) is 40.7. The van der Waals surface area contributed by atoms with Gasteiger partial charge in [0.15, 0.2) is 0 Å². The van der Waals surface area contributed by atoms with Crippen LogP contribution < -0.4 is 0 Å². The highest BCUT2D eigenvalue weighted by atomic mass is 16.6. The largest absolute Gasteiger partial charge is 0.457 e. The van der Waals surface area contributed by atoms with Crippen LogP contribution in [0.2, 0.25) is 0 Å². The summed E-state index contributed by atoms with van der Waals surface area (Å²) < 4.78 is 11.1. The fourth-order valence-corrected chi connectivity index (χ4v) is 5.07. The van der Waals surface area contributed by atoms with Gasteiger partial charge in [-0.05, 0) is 70.6 Å². The highest BCUT2D eigenvalue weighted by Gasteiger charge is 2.13. The van der Waals surface area contributed by atoms with Crippen LogP contribution in [0.1, 0.15) is 162 Å². The first-order chi connectivity index (χ1) is 23.7. The molecule has 0 aromatic heterocycles. The summed E-state index contributed by atoms with van der Waals surface area (Å²) in [6.45, 7) is 5.11. The maximum atomic E-state index is 12.1. The Hall–Kier alpha value is -2.43. The second-order valence-corrected chi connectivity index (χ2v) is 12.6. The fourth-order valence-electron chi connectivity index (χ4n) is 5.07. The third-order valence-electron chi connectivity index (χ3n) is 7.98. The average molecular weight is 667 g/mol. The zero-order chi connectivity index (χ0) is 34.9. The van der Waals surface area contributed by atoms with Gasteiger partial charge in [-0.3, -0.25) is 4.79 Å². The van der Waals surface area contributed by atoms with Crippen molar-refractivity contribution in [2.24, 2.45) is 0 Å². The van der Waals surface area contributed by atoms with Gasteiger partial charge in [0.25, 0.3) is 0 Å². The van der Waals surface area contributed by atoms with Crippen molar-refractivity contribution in [2.75, 3.05) is 19.8 Å². The van der Waals surface area contributed by atoms with Crippen LogP contribution in [-0.2, 0) is 14.3 Å². The molecule has 0 radical (unpaired) electrons. The highest BCUT2D eigenvalue weighted by molar-refractivity contribution is 5.69. The zero-order valence-corrected chi connectivity index (χ0v) is 31.2. The molecule has 0 aliphatic heterocycles. The van der Waals surface area contributed by atoms with E-state index in [0.717, 1.165) is 77.0 Å². The van der Waals surface area contributed by atoms with Crippen molar-refractivity contribution >= 4 is 5.97 Å². The van der Waals surface area contributed by atoms with Gasteiger partial charge in [0, 0.05) is 13.0 Å². The van der Waals surface area contributed by atoms with Gasteiger partial charge in [0.05, 0.1) is 13.2 Å². The van der Waals surface area contributed by atoms with Crippen molar-refractivity contribution in [3.63, 3.8) is 0 Å². The number of carbonyl (C=O) groups excluding carboxylic acids is 1. The maximum absolute atomic E-state index is 12.1. The SMILES string of the molecule is CC/C=C\C/C=C\C/C=C\C/C=C\C/C=C\C/C=C\C/C=C\CCCCOCC(CO)OC(=O)CCCCCCCCCCCCCC. The Morgan fingerprint density at radius 1 is 0.521 bits per heavy atom. The van der Waals surface area contributed by atoms with Gasteiger partial charge in [-0.25, -0.2) is 0 Å². The Balaban J connectivity index is 3.60. The topological polar surface area (TPSA) is 55.8 Å². The molecule has 1 N–H and O–H groups in total. The zero-order valence-electron chi connectivity index (χ0n) is 31.2. The molecule has 0 aliphatic carbocycles. The highest BCUT2D eigenvalue weighted by Crippen LogP contribution is 2.13. The first kappa shape index (κ1) is 45.6. The van der Waals surface area contributed by atoms with Gasteiger partial charge >= 0.3 is 5.97 Å². The van der Waals surface area contributed by atoms with Crippen LogP contribution in [0.3, 0.4) is 0 Å². The summed E-state index contributed by atoms with van der Waals surface area (Å²) in [5.41, 5.74) is 0. The minimum absolute atomic E-state index is 0.193. The lowest BCUT2D eigenvalue weighted by Gasteiger charge is -2.15. The Kier molecular flexibility index (Phi) is 38.7. The molecule has 0 heterocycles. The third kappa shape index (κ3) is 38.0. The molecule has 0 rings (SSSR count). The van der Waals surface area contributed by atoms with Gasteiger partial charge in [-0.15, -0.1) is 0 Å². The van der Waals surface area contributed by atoms with E-state index in [2.05, 4.69) is 98.9 Å². The average Bonchev–Trinajstić information content (AvgIpc) is 3.09. The van der Waals surface area contributed by atoms with E-state index < -0.39 is 6.10 Å². The summed E-state index contributed by atoms with van der Waals surface area (Å²) in [5.74, 6) is -0.221. The van der Waals surface area contributed by atoms with Crippen LogP contribution in [0.25, 0.3) is 0 Å². The number of ether oxygens (including phenoxy) is 2. The number of aliphatic hydroxyl groups is 1. The number of esters is 1. The molecule has 0 fully saturated rings. The Morgan fingerprint density at radius 3 is 1.38 bits per heavy atom. The van der Waals surface area contributed by atoms with E-state index in [4.69, 9.17) is 9.47 Å². The molecule has 0 aromatic rings. The van der Waals surface area contributed by atoms with Crippen molar-refractivity contribution in [1.29, 1.82) is 0 Å². The number of unbranched alkanes of at least 4 members (excludes halogenated alkanes) is 13. The van der Waals surface area contributed by atoms with Gasteiger partial charge in [-0.1, -0.05) is 170 Å². The van der Waals surface area contributed by atoms with Gasteiger partial charge in [0.1, 0.15) is 6.10 Å². The van der Waals surface area contributed by atoms with Crippen molar-refractivity contribution in [3.05, 3.63) is 85.1 Å². The molecule has 0 saturated heterocycles. The Labute approximate surface area is 297 Å². The van der Waals surface area contributed by atoms with E-state index in [0.29, 0.717) is 13.0 Å². The summed E-state index contributed by atoms with van der Waals surface area (Å²) in [4.78, 5) is 12.1. The van der Waals surface area contributed by atoms with Crippen molar-refractivity contribution < 1.29 is 19.4 Å². The first-order valence-electron chi connectivity index (χ1n) is 19.7. The van der Waals surface area contributed by atoms with Crippen molar-refractivity contribution in [3.8, 4) is 0 Å². The smallest absolute Gasteiger partial charge is 0.306 e. The minimum Gasteiger partial charge on any atom is -0.457 e. The molecule has 0 bridgehead atoms. The quantitative estimate of drug-likeness (QED) is 0.0415. The van der Waals surface area contributed by atoms with E-state index in [1.165, 1.54) is 64.2 Å². The van der Waals surface area contributed by atoms with E-state index in [-0.39, 0.29) is 19.2 Å². The maximum Gasteiger partial charge on any atom is 0.306 e. The third-order valence-corrected chi connectivity index (χ3v) is 7.98. The van der Waals surface area contributed by atoms with Crippen LogP contribution in [0.4, 0.5) is 0 Å². The molecule has 1 unspecified atom stereocenters. The standard InChI is InChI=1S/C44H74O4/c1-3-5-7-9-11-13-15-17-18-19-20-21-22-23-24-25-26-27-28-30-32-34-36-38-40-47-42-43(41-45)48-44(46)39-37-35-33-31-29-16-14-12-10-8-6-4-2/h5,7,11,13,17-18,20-21,23-24,26-27,30,32,43,45H,3-4,6,8-10,12,14-16,19,22,25,28-29,31,33-42H2,1-2H3/b7-5-,13-11-,18-17-,21-20-,24-23-,27-26-,32-30-. The number of hydrogen-bond donors (Lipinski definition) is 1. The summed E-state index contributed by atoms with van der Waals surface area (Å²) in [6.07, 6.45) is 56.3. The molecule has 0 saturated carbocycles. The van der Waals surface area contributed by atoms with Crippen LogP contribution >= 0.6 is 0 Å². The van der Waals surface area contributed by atoms with Crippen LogP contribution in [0.5, 0.6) is 0 Å². The summed E-state index contributed by atoms with van der Waals surface area (Å²) in [6, 6.07) is 0. The number of aliphatic hydroxyl groups excluding tert-OH is 1. The van der Waals surface area contributed by atoms with Gasteiger partial charge in [-0.2, -0.15) is 0 Å². The van der Waals surface area contributed by atoms with Crippen LogP contribution in [-0.4, -0.2) is 37.0 Å². The molecule has 48 heavy (non-hydrogen) atoms. The fraction of sp³-hybridized carbons (Fsp3) is 0.659. The summed E-state index contributed by atoms with van der Waals surface area (Å²) in [7, 11) is 0. The predicted molar refractivity (Wildman–Crippen MR) is 209 cm³/mol. The Bertz CT molecular complexity index is 876. The number of hydrogen-bond acceptors (Lipinski definition) is 4. The van der Waals surface area contributed by atoms with Gasteiger partial charge < -0.3 is 14.6 Å². The minimum atomic E-state index is -0.559. The van der Waals surface area contributed by atoms with E-state index in [9.17, 15) is 9.90 Å². The van der Waals surface area contributed by atoms with Crippen molar-refractivity contribution in [2.45, 2.75) is 168 Å². The number of rotatable bonds is 35. The monoisotopic (exact) mass is 667 g/mol. The predicted octanol–water partition coefficient (Wildman–Crippen LogP) is 12.8. The Morgan fingerprint density at radius 2 is 0.938 bits per heavy atom. The normalized spacial score (nSPS) is 13.3. The number of allylic oxidation sites excluding steroid dienone is 14. The van der Waals surface area contributed by atoms with E-state index >= 15 is 0 Å². The van der Waals surface area contributed by atoms with Crippen LogP contribution in [0, 0.1) is 0 Å². The molecular formula is C44H74O4. The first-order valence-corrected chi connectivity index (χ1v) is 19.7. The molecule has 0 spiro atoms. The molecule has 0 aliphatic rings. The van der Waals surface area contributed by atoms with Crippen LogP contribution in [0.15, 0.2) is 85.1 Å². The lowest BCUT2D eigenvalue weighted by atomic mass is 10.0. The number of carbonyl (C=O) groups is 1. The summed E-state index contributed by atoms with van der Waals surface area (Å²) in [5, 5.41) is 9.56. The van der Waals surface area contributed by atoms with Gasteiger partial charge in [0.2, 0.25) is 0 Å². The molecule has 274 valence electrons. The lowest BCUT2D eigenvalue weighted by molar-refractivity contribution is -0.154. The second-order valence-electron chi connectivity index (χ2n) is 12.6. The molecular weight excluding hydrogens is 592 g/mol. The van der Waals surface area contributed by atoms with Crippen molar-refractivity contribution in [1.82, 2.24) is 0 Å². The molecule has 4 nitrogen and oxygen atoms in total. The molecule has 0 amide bonds. The van der Waals surface area contributed by atoms with E-state index in [1.807, 2.05) is 0 Å². The van der Waals surface area contributed by atoms with E-state index in [1.54, 1.807) is 0 Å². The molecule has 1 atom stereocenters. The molecule has 4 heteroatoms.